The number of thiazole rings is 1. The van der Waals surface area contributed by atoms with Crippen molar-refractivity contribution in [1.29, 1.82) is 0 Å². The van der Waals surface area contributed by atoms with E-state index >= 15 is 4.39 Å². The number of methoxy groups -OCH3 is 2. The number of nitrogens with zero attached hydrogens (tertiary/aromatic N) is 2. The van der Waals surface area contributed by atoms with Gasteiger partial charge in [-0.05, 0) is 47.9 Å². The van der Waals surface area contributed by atoms with Crippen LogP contribution in [0, 0.1) is 5.82 Å². The monoisotopic (exact) mass is 504 g/mol. The number of hydrogen-bond acceptors (Lipinski definition) is 6. The molecule has 7 nitrogen and oxygen atoms in total. The summed E-state index contributed by atoms with van der Waals surface area (Å²) in [4.78, 5) is 27.7. The van der Waals surface area contributed by atoms with Crippen LogP contribution in [0.1, 0.15) is 21.5 Å². The van der Waals surface area contributed by atoms with E-state index in [1.54, 1.807) is 18.6 Å². The second kappa shape index (κ2) is 8.23. The van der Waals surface area contributed by atoms with Crippen molar-refractivity contribution < 1.29 is 23.8 Å². The Morgan fingerprint density at radius 1 is 1.03 bits per heavy atom. The minimum atomic E-state index is -1.30. The molecule has 2 aromatic heterocycles. The van der Waals surface area contributed by atoms with Crippen molar-refractivity contribution in [1.82, 2.24) is 4.40 Å². The highest BCUT2D eigenvalue weighted by Crippen LogP contribution is 2.37. The Bertz CT molecular complexity index is 1770. The first-order valence-corrected chi connectivity index (χ1v) is 12.1. The van der Waals surface area contributed by atoms with Crippen LogP contribution >= 0.6 is 11.3 Å². The summed E-state index contributed by atoms with van der Waals surface area (Å²) in [6, 6.07) is 14.0. The topological polar surface area (TPSA) is 80.5 Å². The third-order valence-corrected chi connectivity index (χ3v) is 7.93. The number of aromatic carboxylic acids is 1. The summed E-state index contributed by atoms with van der Waals surface area (Å²) in [5.74, 6) is -0.543. The smallest absolute Gasteiger partial charge is 0.342 e. The van der Waals surface area contributed by atoms with Crippen LogP contribution in [-0.4, -0.2) is 36.2 Å². The number of carboxylic acids is 1. The molecule has 5 aromatic rings. The molecule has 0 amide bonds. The van der Waals surface area contributed by atoms with Crippen molar-refractivity contribution in [3.8, 4) is 11.5 Å². The fourth-order valence-electron chi connectivity index (χ4n) is 5.06. The summed E-state index contributed by atoms with van der Waals surface area (Å²) in [5.41, 5.74) is 2.48. The molecule has 0 aliphatic carbocycles. The molecule has 0 spiro atoms. The maximum Gasteiger partial charge on any atom is 0.342 e. The van der Waals surface area contributed by atoms with Gasteiger partial charge in [-0.2, -0.15) is 0 Å². The largest absolute Gasteiger partial charge is 0.493 e. The van der Waals surface area contributed by atoms with E-state index in [-0.39, 0.29) is 16.6 Å². The molecule has 0 bridgehead atoms. The first kappa shape index (κ1) is 22.4. The lowest BCUT2D eigenvalue weighted by atomic mass is 9.98. The standard InChI is InChI=1S/C27H21FN2O5S/c1-34-21-9-14-7-8-29(13-15(14)10-22(21)35-2)20-11-16-19(12-17(20)28)30-18-5-3-4-6-23(18)36-26(30)24(25(16)31)27(32)33/h3-6,9-12H,7-8,13H2,1-2H3,(H,32,33). The van der Waals surface area contributed by atoms with Gasteiger partial charge in [0, 0.05) is 24.5 Å². The van der Waals surface area contributed by atoms with Gasteiger partial charge in [0.05, 0.1) is 35.6 Å². The molecule has 1 aliphatic rings. The van der Waals surface area contributed by atoms with E-state index in [0.29, 0.717) is 41.4 Å². The zero-order chi connectivity index (χ0) is 25.1. The van der Waals surface area contributed by atoms with Gasteiger partial charge in [0.2, 0.25) is 5.43 Å². The highest BCUT2D eigenvalue weighted by atomic mass is 32.1. The SMILES string of the molecule is COc1cc2c(cc1OC)CN(c1cc3c(=O)c(C(=O)O)c4sc5ccccc5n4c3cc1F)CC2. The van der Waals surface area contributed by atoms with Crippen LogP contribution in [0.25, 0.3) is 25.9 Å². The highest BCUT2D eigenvalue weighted by Gasteiger charge is 2.26. The average molecular weight is 505 g/mol. The van der Waals surface area contributed by atoms with Gasteiger partial charge in [-0.25, -0.2) is 9.18 Å². The van der Waals surface area contributed by atoms with Gasteiger partial charge < -0.3 is 19.5 Å². The molecule has 0 atom stereocenters. The second-order valence-corrected chi connectivity index (χ2v) is 9.72. The molecule has 3 heterocycles. The molecule has 0 radical (unpaired) electrons. The Kier molecular flexibility index (Phi) is 5.11. The fraction of sp³-hybridized carbons (Fsp3) is 0.185. The van der Waals surface area contributed by atoms with Gasteiger partial charge in [0.25, 0.3) is 0 Å². The van der Waals surface area contributed by atoms with E-state index < -0.39 is 17.2 Å². The number of hydrogen-bond donors (Lipinski definition) is 1. The highest BCUT2D eigenvalue weighted by molar-refractivity contribution is 7.24. The number of carbonyl (C=O) groups is 1. The Morgan fingerprint density at radius 2 is 1.75 bits per heavy atom. The molecular weight excluding hydrogens is 483 g/mol. The van der Waals surface area contributed by atoms with Crippen LogP contribution in [0.4, 0.5) is 10.1 Å². The molecule has 0 unspecified atom stereocenters. The van der Waals surface area contributed by atoms with Gasteiger partial charge in [-0.3, -0.25) is 9.20 Å². The minimum Gasteiger partial charge on any atom is -0.493 e. The third-order valence-electron chi connectivity index (χ3n) is 6.78. The van der Waals surface area contributed by atoms with Crippen molar-refractivity contribution in [2.75, 3.05) is 25.7 Å². The summed E-state index contributed by atoms with van der Waals surface area (Å²) in [5, 5.41) is 10.1. The molecule has 3 aromatic carbocycles. The van der Waals surface area contributed by atoms with Gasteiger partial charge in [-0.15, -0.1) is 11.3 Å². The Morgan fingerprint density at radius 3 is 2.47 bits per heavy atom. The fourth-order valence-corrected chi connectivity index (χ4v) is 6.25. The number of carboxylic acid groups (broad SMARTS) is 1. The maximum absolute atomic E-state index is 15.7. The van der Waals surface area contributed by atoms with Crippen molar-refractivity contribution >= 4 is 48.9 Å². The van der Waals surface area contributed by atoms with Crippen molar-refractivity contribution in [3.63, 3.8) is 0 Å². The summed E-state index contributed by atoms with van der Waals surface area (Å²) >= 11 is 1.21. The van der Waals surface area contributed by atoms with Crippen LogP contribution in [0.3, 0.4) is 0 Å². The van der Waals surface area contributed by atoms with Gasteiger partial charge >= 0.3 is 5.97 Å². The number of benzene rings is 3. The van der Waals surface area contributed by atoms with Gasteiger partial charge in [0.1, 0.15) is 16.2 Å². The van der Waals surface area contributed by atoms with Gasteiger partial charge in [-0.1, -0.05) is 12.1 Å². The van der Waals surface area contributed by atoms with Gasteiger partial charge in [0.15, 0.2) is 11.5 Å². The second-order valence-electron chi connectivity index (χ2n) is 8.69. The number of ether oxygens (including phenoxy) is 2. The zero-order valence-corrected chi connectivity index (χ0v) is 20.3. The van der Waals surface area contributed by atoms with E-state index in [1.807, 2.05) is 41.3 Å². The number of anilines is 1. The first-order chi connectivity index (χ1) is 17.4. The number of fused-ring (bicyclic) bond motifs is 6. The van der Waals surface area contributed by atoms with Crippen LogP contribution in [-0.2, 0) is 13.0 Å². The predicted molar refractivity (Wildman–Crippen MR) is 138 cm³/mol. The van der Waals surface area contributed by atoms with Crippen LogP contribution < -0.4 is 19.8 Å². The number of pyridine rings is 1. The normalized spacial score (nSPS) is 13.4. The van der Waals surface area contributed by atoms with Crippen molar-refractivity contribution in [2.45, 2.75) is 13.0 Å². The lowest BCUT2D eigenvalue weighted by Gasteiger charge is -2.31. The number of para-hydroxylation sites is 1. The lowest BCUT2D eigenvalue weighted by molar-refractivity contribution is 0.0697. The molecule has 0 fully saturated rings. The molecule has 1 N–H and O–H groups in total. The molecule has 36 heavy (non-hydrogen) atoms. The maximum atomic E-state index is 15.7. The molecule has 1 aliphatic heterocycles. The van der Waals surface area contributed by atoms with E-state index in [0.717, 1.165) is 21.3 Å². The van der Waals surface area contributed by atoms with E-state index in [9.17, 15) is 14.7 Å². The molecule has 0 saturated carbocycles. The number of halogens is 1. The number of rotatable bonds is 4. The number of aromatic nitrogens is 1. The molecule has 182 valence electrons. The van der Waals surface area contributed by atoms with Crippen LogP contribution in [0.5, 0.6) is 11.5 Å². The quantitative estimate of drug-likeness (QED) is 0.368. The minimum absolute atomic E-state index is 0.169. The zero-order valence-electron chi connectivity index (χ0n) is 19.5. The van der Waals surface area contributed by atoms with Crippen molar-refractivity contribution in [3.05, 3.63) is 81.3 Å². The Balaban J connectivity index is 1.56. The summed E-state index contributed by atoms with van der Waals surface area (Å²) in [7, 11) is 3.15. The average Bonchev–Trinajstić information content (AvgIpc) is 3.26. The van der Waals surface area contributed by atoms with Crippen LogP contribution in [0.15, 0.2) is 53.3 Å². The summed E-state index contributed by atoms with van der Waals surface area (Å²) in [6.07, 6.45) is 0.653. The molecule has 9 heteroatoms. The summed E-state index contributed by atoms with van der Waals surface area (Å²) in [6.45, 7) is 0.941. The van der Waals surface area contributed by atoms with Crippen LogP contribution in [0.2, 0.25) is 0 Å². The molecular formula is C27H21FN2O5S. The van der Waals surface area contributed by atoms with E-state index in [4.69, 9.17) is 9.47 Å². The Labute approximate surface area is 208 Å². The lowest BCUT2D eigenvalue weighted by Crippen LogP contribution is -2.31. The van der Waals surface area contributed by atoms with Crippen molar-refractivity contribution in [2.24, 2.45) is 0 Å². The summed E-state index contributed by atoms with van der Waals surface area (Å²) < 4.78 is 29.0. The Hall–Kier alpha value is -4.11. The predicted octanol–water partition coefficient (Wildman–Crippen LogP) is 5.08. The van der Waals surface area contributed by atoms with E-state index in [1.165, 1.54) is 23.5 Å². The molecule has 6 rings (SSSR count). The van der Waals surface area contributed by atoms with E-state index in [2.05, 4.69) is 0 Å². The first-order valence-electron chi connectivity index (χ1n) is 11.3. The molecule has 0 saturated heterocycles. The third kappa shape index (κ3) is 3.23.